The van der Waals surface area contributed by atoms with Gasteiger partial charge in [0.15, 0.2) is 0 Å². The third-order valence-electron chi connectivity index (χ3n) is 3.38. The van der Waals surface area contributed by atoms with Gasteiger partial charge in [-0.15, -0.1) is 0 Å². The molecule has 1 aromatic carbocycles. The summed E-state index contributed by atoms with van der Waals surface area (Å²) in [6.07, 6.45) is 5.29. The van der Waals surface area contributed by atoms with Crippen LogP contribution in [0.4, 0.5) is 0 Å². The largest absolute Gasteiger partial charge is 0.382 e. The lowest BCUT2D eigenvalue weighted by atomic mass is 9.97. The maximum atomic E-state index is 11.7. The van der Waals surface area contributed by atoms with Crippen molar-refractivity contribution >= 4 is 10.1 Å². The van der Waals surface area contributed by atoms with Gasteiger partial charge >= 0.3 is 10.1 Å². The van der Waals surface area contributed by atoms with Crippen LogP contribution in [0.3, 0.4) is 0 Å². The van der Waals surface area contributed by atoms with Crippen molar-refractivity contribution in [1.82, 2.24) is 0 Å². The zero-order valence-electron chi connectivity index (χ0n) is 10.8. The maximum Gasteiger partial charge on any atom is 0.309 e. The van der Waals surface area contributed by atoms with E-state index in [2.05, 4.69) is 0 Å². The SMILES string of the molecule is CCCS(=O)(=O)Oc1ccccc1C1CCCC1. The molecular weight excluding hydrogens is 248 g/mol. The lowest BCUT2D eigenvalue weighted by molar-refractivity contribution is 0.478. The molecule has 0 radical (unpaired) electrons. The number of hydrogen-bond acceptors (Lipinski definition) is 3. The smallest absolute Gasteiger partial charge is 0.309 e. The highest BCUT2D eigenvalue weighted by molar-refractivity contribution is 7.87. The highest BCUT2D eigenvalue weighted by Crippen LogP contribution is 2.38. The van der Waals surface area contributed by atoms with Crippen molar-refractivity contribution in [2.75, 3.05) is 5.75 Å². The van der Waals surface area contributed by atoms with Crippen molar-refractivity contribution in [2.45, 2.75) is 44.9 Å². The Morgan fingerprint density at radius 3 is 2.56 bits per heavy atom. The molecule has 1 saturated carbocycles. The first-order valence-electron chi connectivity index (χ1n) is 6.63. The van der Waals surface area contributed by atoms with Crippen LogP contribution in [0.25, 0.3) is 0 Å². The van der Waals surface area contributed by atoms with Gasteiger partial charge in [-0.1, -0.05) is 38.0 Å². The van der Waals surface area contributed by atoms with Crippen molar-refractivity contribution in [3.8, 4) is 5.75 Å². The lowest BCUT2D eigenvalue weighted by Gasteiger charge is -2.15. The van der Waals surface area contributed by atoms with Crippen LogP contribution in [0.5, 0.6) is 5.75 Å². The summed E-state index contributed by atoms with van der Waals surface area (Å²) in [6.45, 7) is 1.84. The van der Waals surface area contributed by atoms with E-state index in [1.54, 1.807) is 6.07 Å². The van der Waals surface area contributed by atoms with Gasteiger partial charge in [-0.2, -0.15) is 8.42 Å². The molecule has 4 heteroatoms. The minimum absolute atomic E-state index is 0.0754. The first kappa shape index (κ1) is 13.4. The van der Waals surface area contributed by atoms with Crippen molar-refractivity contribution < 1.29 is 12.6 Å². The summed E-state index contributed by atoms with van der Waals surface area (Å²) in [5.41, 5.74) is 1.05. The lowest BCUT2D eigenvalue weighted by Crippen LogP contribution is -2.14. The fourth-order valence-corrected chi connectivity index (χ4v) is 3.57. The maximum absolute atomic E-state index is 11.7. The standard InChI is InChI=1S/C14H20O3S/c1-2-11-18(15,16)17-14-10-6-5-9-13(14)12-7-3-4-8-12/h5-6,9-10,12H,2-4,7-8,11H2,1H3. The fourth-order valence-electron chi connectivity index (χ4n) is 2.56. The Kier molecular flexibility index (Phi) is 4.27. The van der Waals surface area contributed by atoms with Crippen LogP contribution in [-0.4, -0.2) is 14.2 Å². The molecule has 0 spiro atoms. The topological polar surface area (TPSA) is 43.4 Å². The van der Waals surface area contributed by atoms with Gasteiger partial charge in [0.05, 0.1) is 5.75 Å². The second-order valence-electron chi connectivity index (χ2n) is 4.86. The molecule has 18 heavy (non-hydrogen) atoms. The third kappa shape index (κ3) is 3.25. The Hall–Kier alpha value is -1.03. The Morgan fingerprint density at radius 1 is 1.22 bits per heavy atom. The number of hydrogen-bond donors (Lipinski definition) is 0. The summed E-state index contributed by atoms with van der Waals surface area (Å²) >= 11 is 0. The van der Waals surface area contributed by atoms with Gasteiger partial charge in [0.25, 0.3) is 0 Å². The molecule has 0 saturated heterocycles. The molecule has 1 aliphatic rings. The molecule has 0 bridgehead atoms. The third-order valence-corrected chi connectivity index (χ3v) is 4.73. The van der Waals surface area contributed by atoms with Crippen molar-refractivity contribution in [1.29, 1.82) is 0 Å². The van der Waals surface area contributed by atoms with Crippen LogP contribution in [0.1, 0.15) is 50.5 Å². The van der Waals surface area contributed by atoms with E-state index in [-0.39, 0.29) is 5.75 Å². The average Bonchev–Trinajstić information content (AvgIpc) is 2.82. The van der Waals surface area contributed by atoms with E-state index < -0.39 is 10.1 Å². The molecule has 0 atom stereocenters. The van der Waals surface area contributed by atoms with Gasteiger partial charge in [-0.3, -0.25) is 0 Å². The zero-order chi connectivity index (χ0) is 13.0. The van der Waals surface area contributed by atoms with Crippen LogP contribution >= 0.6 is 0 Å². The summed E-state index contributed by atoms with van der Waals surface area (Å²) in [5.74, 6) is 1.06. The molecule has 2 rings (SSSR count). The van der Waals surface area contributed by atoms with E-state index in [0.717, 1.165) is 18.4 Å². The van der Waals surface area contributed by atoms with Crippen LogP contribution in [-0.2, 0) is 10.1 Å². The Labute approximate surface area is 109 Å². The molecule has 1 fully saturated rings. The highest BCUT2D eigenvalue weighted by Gasteiger charge is 2.22. The van der Waals surface area contributed by atoms with Gasteiger partial charge in [-0.05, 0) is 36.8 Å². The molecule has 0 heterocycles. The van der Waals surface area contributed by atoms with Crippen LogP contribution in [0.2, 0.25) is 0 Å². The van der Waals surface area contributed by atoms with Crippen LogP contribution in [0, 0.1) is 0 Å². The molecule has 3 nitrogen and oxygen atoms in total. The molecule has 0 aliphatic heterocycles. The molecule has 0 amide bonds. The Balaban J connectivity index is 2.22. The predicted octanol–water partition coefficient (Wildman–Crippen LogP) is 3.46. The van der Waals surface area contributed by atoms with E-state index in [0.29, 0.717) is 18.1 Å². The second kappa shape index (κ2) is 5.74. The summed E-state index contributed by atoms with van der Waals surface area (Å²) in [6, 6.07) is 7.54. The van der Waals surface area contributed by atoms with E-state index in [4.69, 9.17) is 4.18 Å². The predicted molar refractivity (Wildman–Crippen MR) is 72.4 cm³/mol. The summed E-state index contributed by atoms with van der Waals surface area (Å²) < 4.78 is 28.7. The minimum Gasteiger partial charge on any atom is -0.382 e. The van der Waals surface area contributed by atoms with Gasteiger partial charge in [0.1, 0.15) is 5.75 Å². The number of para-hydroxylation sites is 1. The fraction of sp³-hybridized carbons (Fsp3) is 0.571. The van der Waals surface area contributed by atoms with E-state index in [1.165, 1.54) is 12.8 Å². The normalized spacial score (nSPS) is 16.9. The molecule has 0 unspecified atom stereocenters. The highest BCUT2D eigenvalue weighted by atomic mass is 32.2. The van der Waals surface area contributed by atoms with E-state index >= 15 is 0 Å². The molecule has 1 aliphatic carbocycles. The minimum atomic E-state index is -3.44. The molecule has 100 valence electrons. The van der Waals surface area contributed by atoms with E-state index in [9.17, 15) is 8.42 Å². The Morgan fingerprint density at radius 2 is 1.89 bits per heavy atom. The van der Waals surface area contributed by atoms with Crippen LogP contribution in [0.15, 0.2) is 24.3 Å². The second-order valence-corrected chi connectivity index (χ2v) is 6.55. The first-order chi connectivity index (χ1) is 8.62. The van der Waals surface area contributed by atoms with Gasteiger partial charge in [-0.25, -0.2) is 0 Å². The van der Waals surface area contributed by atoms with Gasteiger partial charge in [0.2, 0.25) is 0 Å². The summed E-state index contributed by atoms with van der Waals surface area (Å²) in [5, 5.41) is 0. The van der Waals surface area contributed by atoms with Crippen LogP contribution < -0.4 is 4.18 Å². The zero-order valence-corrected chi connectivity index (χ0v) is 11.6. The molecular formula is C14H20O3S. The van der Waals surface area contributed by atoms with E-state index in [1.807, 2.05) is 25.1 Å². The first-order valence-corrected chi connectivity index (χ1v) is 8.21. The number of rotatable bonds is 5. The van der Waals surface area contributed by atoms with Crippen molar-refractivity contribution in [3.05, 3.63) is 29.8 Å². The Bertz CT molecular complexity index is 488. The quantitative estimate of drug-likeness (QED) is 0.768. The van der Waals surface area contributed by atoms with Gasteiger partial charge in [0, 0.05) is 0 Å². The van der Waals surface area contributed by atoms with Gasteiger partial charge < -0.3 is 4.18 Å². The number of benzene rings is 1. The molecule has 0 N–H and O–H groups in total. The van der Waals surface area contributed by atoms with Crippen molar-refractivity contribution in [2.24, 2.45) is 0 Å². The molecule has 0 aromatic heterocycles. The molecule has 1 aromatic rings. The average molecular weight is 268 g/mol. The summed E-state index contributed by atoms with van der Waals surface area (Å²) in [4.78, 5) is 0. The summed E-state index contributed by atoms with van der Waals surface area (Å²) in [7, 11) is -3.44. The van der Waals surface area contributed by atoms with Crippen molar-refractivity contribution in [3.63, 3.8) is 0 Å². The monoisotopic (exact) mass is 268 g/mol.